The van der Waals surface area contributed by atoms with Crippen molar-refractivity contribution in [2.75, 3.05) is 26.2 Å². The third-order valence-electron chi connectivity index (χ3n) is 5.21. The number of piperazine rings is 1. The average Bonchev–Trinajstić information content (AvgIpc) is 2.73. The van der Waals surface area contributed by atoms with E-state index in [1.165, 1.54) is 0 Å². The van der Waals surface area contributed by atoms with Gasteiger partial charge in [-0.3, -0.25) is 9.69 Å². The number of carbonyl (C=O) groups is 2. The molecular formula is C25H31ClN2O5. The van der Waals surface area contributed by atoms with E-state index in [0.717, 1.165) is 16.7 Å². The van der Waals surface area contributed by atoms with Crippen molar-refractivity contribution in [2.45, 2.75) is 45.9 Å². The van der Waals surface area contributed by atoms with Gasteiger partial charge in [0.05, 0.1) is 6.42 Å². The maximum absolute atomic E-state index is 12.3. The number of ether oxygens (including phenoxy) is 2. The molecule has 1 aliphatic rings. The zero-order valence-electron chi connectivity index (χ0n) is 19.3. The Hall–Kier alpha value is -2.77. The normalized spacial score (nSPS) is 14.7. The van der Waals surface area contributed by atoms with Crippen LogP contribution >= 0.6 is 11.6 Å². The SMILES string of the molecule is CC(C)(C)OC(=O)N1CCN(Cc2cc(CC(=O)O)ccc2OCc2ccc(Cl)cc2)CC1. The Balaban J connectivity index is 1.66. The summed E-state index contributed by atoms with van der Waals surface area (Å²) in [6.07, 6.45) is -0.339. The molecule has 178 valence electrons. The Bertz CT molecular complexity index is 964. The van der Waals surface area contributed by atoms with Gasteiger partial charge in [0.2, 0.25) is 0 Å². The number of benzene rings is 2. The van der Waals surface area contributed by atoms with Gasteiger partial charge in [0.15, 0.2) is 0 Å². The number of carboxylic acid groups (broad SMARTS) is 1. The Kier molecular flexibility index (Phi) is 8.21. The molecule has 1 N–H and O–H groups in total. The summed E-state index contributed by atoms with van der Waals surface area (Å²) in [4.78, 5) is 27.5. The maximum atomic E-state index is 12.3. The largest absolute Gasteiger partial charge is 0.489 e. The second kappa shape index (κ2) is 10.9. The molecule has 0 unspecified atom stereocenters. The summed E-state index contributed by atoms with van der Waals surface area (Å²) in [5.74, 6) is -0.157. The minimum atomic E-state index is -0.873. The molecule has 0 saturated carbocycles. The molecule has 1 amide bonds. The fourth-order valence-corrected chi connectivity index (χ4v) is 3.71. The van der Waals surface area contributed by atoms with Crippen LogP contribution in [0.4, 0.5) is 4.79 Å². The molecule has 2 aromatic rings. The van der Waals surface area contributed by atoms with E-state index in [2.05, 4.69) is 4.90 Å². The number of hydrogen-bond acceptors (Lipinski definition) is 5. The fraction of sp³-hybridized carbons (Fsp3) is 0.440. The van der Waals surface area contributed by atoms with Gasteiger partial charge in [-0.25, -0.2) is 4.79 Å². The van der Waals surface area contributed by atoms with Gasteiger partial charge in [0.1, 0.15) is 18.0 Å². The molecule has 0 aliphatic carbocycles. The van der Waals surface area contributed by atoms with Crippen molar-refractivity contribution in [3.63, 3.8) is 0 Å². The van der Waals surface area contributed by atoms with E-state index >= 15 is 0 Å². The van der Waals surface area contributed by atoms with Crippen molar-refractivity contribution >= 4 is 23.7 Å². The molecular weight excluding hydrogens is 444 g/mol. The standard InChI is InChI=1S/C25H31ClN2O5/c1-25(2,3)33-24(31)28-12-10-27(11-13-28)16-20-14-19(15-23(29)30)6-9-22(20)32-17-18-4-7-21(26)8-5-18/h4-9,14H,10-13,15-17H2,1-3H3,(H,29,30). The predicted molar refractivity (Wildman–Crippen MR) is 127 cm³/mol. The number of amides is 1. The van der Waals surface area contributed by atoms with Gasteiger partial charge in [0.25, 0.3) is 0 Å². The molecule has 0 bridgehead atoms. The molecule has 1 fully saturated rings. The van der Waals surface area contributed by atoms with Crippen LogP contribution in [0.25, 0.3) is 0 Å². The van der Waals surface area contributed by atoms with Crippen LogP contribution < -0.4 is 4.74 Å². The van der Waals surface area contributed by atoms with Gasteiger partial charge in [-0.15, -0.1) is 0 Å². The molecule has 33 heavy (non-hydrogen) atoms. The van der Waals surface area contributed by atoms with Crippen molar-refractivity contribution in [1.82, 2.24) is 9.80 Å². The lowest BCUT2D eigenvalue weighted by Crippen LogP contribution is -2.49. The molecule has 2 aromatic carbocycles. The van der Waals surface area contributed by atoms with E-state index in [4.69, 9.17) is 21.1 Å². The summed E-state index contributed by atoms with van der Waals surface area (Å²) in [5.41, 5.74) is 2.12. The molecule has 0 radical (unpaired) electrons. The van der Waals surface area contributed by atoms with Crippen molar-refractivity contribution in [2.24, 2.45) is 0 Å². The molecule has 1 heterocycles. The first-order chi connectivity index (χ1) is 15.6. The molecule has 7 nitrogen and oxygen atoms in total. The van der Waals surface area contributed by atoms with Crippen LogP contribution in [0.15, 0.2) is 42.5 Å². The van der Waals surface area contributed by atoms with Gasteiger partial charge in [-0.05, 0) is 50.1 Å². The highest BCUT2D eigenvalue weighted by molar-refractivity contribution is 6.30. The van der Waals surface area contributed by atoms with Crippen LogP contribution in [0, 0.1) is 0 Å². The summed E-state index contributed by atoms with van der Waals surface area (Å²) in [6.45, 7) is 9.10. The highest BCUT2D eigenvalue weighted by Gasteiger charge is 2.26. The first-order valence-corrected chi connectivity index (χ1v) is 11.4. The molecule has 1 saturated heterocycles. The Morgan fingerprint density at radius 2 is 1.64 bits per heavy atom. The summed E-state index contributed by atoms with van der Waals surface area (Å²) in [6, 6.07) is 13.0. The number of carboxylic acids is 1. The topological polar surface area (TPSA) is 79.3 Å². The van der Waals surface area contributed by atoms with E-state index in [-0.39, 0.29) is 12.5 Å². The Morgan fingerprint density at radius 3 is 2.24 bits per heavy atom. The first-order valence-electron chi connectivity index (χ1n) is 11.0. The monoisotopic (exact) mass is 474 g/mol. The third-order valence-corrected chi connectivity index (χ3v) is 5.46. The van der Waals surface area contributed by atoms with Crippen molar-refractivity contribution in [1.29, 1.82) is 0 Å². The van der Waals surface area contributed by atoms with Crippen LogP contribution in [0.3, 0.4) is 0 Å². The van der Waals surface area contributed by atoms with Gasteiger partial charge in [0, 0.05) is 43.3 Å². The smallest absolute Gasteiger partial charge is 0.410 e. The zero-order valence-corrected chi connectivity index (χ0v) is 20.1. The maximum Gasteiger partial charge on any atom is 0.410 e. The van der Waals surface area contributed by atoms with Crippen LogP contribution in [0.2, 0.25) is 5.02 Å². The van der Waals surface area contributed by atoms with E-state index in [1.807, 2.05) is 57.2 Å². The molecule has 8 heteroatoms. The average molecular weight is 475 g/mol. The molecule has 1 aliphatic heterocycles. The number of hydrogen-bond donors (Lipinski definition) is 1. The number of halogens is 1. The van der Waals surface area contributed by atoms with Crippen molar-refractivity contribution in [3.05, 3.63) is 64.2 Å². The lowest BCUT2D eigenvalue weighted by molar-refractivity contribution is -0.136. The van der Waals surface area contributed by atoms with Crippen LogP contribution in [-0.2, 0) is 29.1 Å². The zero-order chi connectivity index (χ0) is 24.0. The first kappa shape index (κ1) is 24.9. The quantitative estimate of drug-likeness (QED) is 0.631. The third kappa shape index (κ3) is 7.94. The molecule has 3 rings (SSSR count). The van der Waals surface area contributed by atoms with Crippen LogP contribution in [0.1, 0.15) is 37.5 Å². The molecule has 0 spiro atoms. The highest BCUT2D eigenvalue weighted by Crippen LogP contribution is 2.25. The minimum Gasteiger partial charge on any atom is -0.489 e. The summed E-state index contributed by atoms with van der Waals surface area (Å²) < 4.78 is 11.5. The van der Waals surface area contributed by atoms with E-state index in [0.29, 0.717) is 50.1 Å². The van der Waals surface area contributed by atoms with Gasteiger partial charge < -0.3 is 19.5 Å². The van der Waals surface area contributed by atoms with Crippen molar-refractivity contribution < 1.29 is 24.2 Å². The van der Waals surface area contributed by atoms with Crippen molar-refractivity contribution in [3.8, 4) is 5.75 Å². The second-order valence-electron chi connectivity index (χ2n) is 9.17. The van der Waals surface area contributed by atoms with E-state index in [9.17, 15) is 14.7 Å². The number of aliphatic carboxylic acids is 1. The van der Waals surface area contributed by atoms with E-state index in [1.54, 1.807) is 11.0 Å². The van der Waals surface area contributed by atoms with Gasteiger partial charge in [-0.2, -0.15) is 0 Å². The highest BCUT2D eigenvalue weighted by atomic mass is 35.5. The van der Waals surface area contributed by atoms with Crippen LogP contribution in [0.5, 0.6) is 5.75 Å². The summed E-state index contributed by atoms with van der Waals surface area (Å²) in [5, 5.41) is 9.85. The molecule has 0 atom stereocenters. The predicted octanol–water partition coefficient (Wildman–Crippen LogP) is 4.60. The second-order valence-corrected chi connectivity index (χ2v) is 9.61. The minimum absolute atomic E-state index is 0.0448. The van der Waals surface area contributed by atoms with Gasteiger partial charge in [-0.1, -0.05) is 35.9 Å². The van der Waals surface area contributed by atoms with E-state index < -0.39 is 11.6 Å². The number of carbonyl (C=O) groups excluding carboxylic acids is 1. The molecule has 0 aromatic heterocycles. The van der Waals surface area contributed by atoms with Gasteiger partial charge >= 0.3 is 12.1 Å². The summed E-state index contributed by atoms with van der Waals surface area (Å²) >= 11 is 5.96. The Morgan fingerprint density at radius 1 is 1.00 bits per heavy atom. The lowest BCUT2D eigenvalue weighted by Gasteiger charge is -2.35. The number of nitrogens with zero attached hydrogens (tertiary/aromatic N) is 2. The fourth-order valence-electron chi connectivity index (χ4n) is 3.58. The van der Waals surface area contributed by atoms with Crippen LogP contribution in [-0.4, -0.2) is 58.7 Å². The Labute approximate surface area is 199 Å². The number of rotatable bonds is 7. The lowest BCUT2D eigenvalue weighted by atomic mass is 10.1. The summed E-state index contributed by atoms with van der Waals surface area (Å²) in [7, 11) is 0.